The van der Waals surface area contributed by atoms with Gasteiger partial charge in [-0.1, -0.05) is 0 Å². The number of hydrogen-bond acceptors (Lipinski definition) is 5. The van der Waals surface area contributed by atoms with Crippen LogP contribution in [0, 0.1) is 0 Å². The van der Waals surface area contributed by atoms with E-state index in [0.717, 1.165) is 6.42 Å². The smallest absolute Gasteiger partial charge is 0.327 e. The Hall–Kier alpha value is -0.650. The molecule has 0 saturated carbocycles. The first kappa shape index (κ1) is 14.4. The van der Waals surface area contributed by atoms with Gasteiger partial charge in [0.15, 0.2) is 0 Å². The summed E-state index contributed by atoms with van der Waals surface area (Å²) in [7, 11) is 3.69. The van der Waals surface area contributed by atoms with Crippen LogP contribution in [0.15, 0.2) is 0 Å². The standard InChI is InChI=1S/C12H24N2O3/c1-5-17-11(15)12(13-6-7-16-4)8-10(2)14(3)9-12/h10,13H,5-9H2,1-4H3. The molecule has 0 radical (unpaired) electrons. The van der Waals surface area contributed by atoms with E-state index >= 15 is 0 Å². The molecule has 0 bridgehead atoms. The molecule has 1 heterocycles. The van der Waals surface area contributed by atoms with Gasteiger partial charge in [0, 0.05) is 26.2 Å². The molecule has 5 nitrogen and oxygen atoms in total. The summed E-state index contributed by atoms with van der Waals surface area (Å²) in [6.07, 6.45) is 0.784. The molecule has 2 unspecified atom stereocenters. The number of nitrogens with zero attached hydrogens (tertiary/aromatic N) is 1. The van der Waals surface area contributed by atoms with Crippen LogP contribution in [-0.4, -0.2) is 62.9 Å². The van der Waals surface area contributed by atoms with Gasteiger partial charge in [0.2, 0.25) is 0 Å². The third kappa shape index (κ3) is 3.40. The summed E-state index contributed by atoms with van der Waals surface area (Å²) < 4.78 is 10.2. The van der Waals surface area contributed by atoms with E-state index in [1.54, 1.807) is 7.11 Å². The SMILES string of the molecule is CCOC(=O)C1(NCCOC)CC(C)N(C)C1. The van der Waals surface area contributed by atoms with Gasteiger partial charge in [-0.3, -0.25) is 5.32 Å². The fourth-order valence-corrected chi connectivity index (χ4v) is 2.32. The summed E-state index contributed by atoms with van der Waals surface area (Å²) in [5, 5.41) is 3.30. The van der Waals surface area contributed by atoms with E-state index in [1.807, 2.05) is 14.0 Å². The highest BCUT2D eigenvalue weighted by Gasteiger charge is 2.47. The van der Waals surface area contributed by atoms with Gasteiger partial charge in [-0.2, -0.15) is 0 Å². The minimum Gasteiger partial charge on any atom is -0.465 e. The van der Waals surface area contributed by atoms with Gasteiger partial charge in [-0.05, 0) is 27.3 Å². The molecule has 1 N–H and O–H groups in total. The Morgan fingerprint density at radius 3 is 2.76 bits per heavy atom. The van der Waals surface area contributed by atoms with E-state index in [-0.39, 0.29) is 5.97 Å². The summed E-state index contributed by atoms with van der Waals surface area (Å²) in [6, 6.07) is 0.384. The van der Waals surface area contributed by atoms with Crippen molar-refractivity contribution in [3.8, 4) is 0 Å². The monoisotopic (exact) mass is 244 g/mol. The summed E-state index contributed by atoms with van der Waals surface area (Å²) in [5.41, 5.74) is -0.567. The highest BCUT2D eigenvalue weighted by Crippen LogP contribution is 2.27. The van der Waals surface area contributed by atoms with Crippen LogP contribution in [0.2, 0.25) is 0 Å². The van der Waals surface area contributed by atoms with Crippen molar-refractivity contribution < 1.29 is 14.3 Å². The second-order valence-electron chi connectivity index (χ2n) is 4.69. The third-order valence-electron chi connectivity index (χ3n) is 3.35. The number of likely N-dealkylation sites (tertiary alicyclic amines) is 1. The van der Waals surface area contributed by atoms with Gasteiger partial charge in [0.25, 0.3) is 0 Å². The second-order valence-corrected chi connectivity index (χ2v) is 4.69. The number of rotatable bonds is 6. The molecule has 5 heteroatoms. The largest absolute Gasteiger partial charge is 0.465 e. The van der Waals surface area contributed by atoms with Crippen molar-refractivity contribution >= 4 is 5.97 Å². The van der Waals surface area contributed by atoms with Gasteiger partial charge in [0.05, 0.1) is 13.2 Å². The Bertz CT molecular complexity index is 248. The maximum absolute atomic E-state index is 12.1. The fraction of sp³-hybridized carbons (Fsp3) is 0.917. The molecule has 1 fully saturated rings. The van der Waals surface area contributed by atoms with E-state index in [4.69, 9.17) is 9.47 Å². The first-order valence-electron chi connectivity index (χ1n) is 6.17. The molecule has 1 rings (SSSR count). The van der Waals surface area contributed by atoms with Crippen LogP contribution in [0.1, 0.15) is 20.3 Å². The number of methoxy groups -OCH3 is 1. The van der Waals surface area contributed by atoms with Gasteiger partial charge < -0.3 is 14.4 Å². The van der Waals surface area contributed by atoms with Crippen LogP contribution in [0.3, 0.4) is 0 Å². The number of hydrogen-bond donors (Lipinski definition) is 1. The number of carbonyl (C=O) groups is 1. The first-order valence-corrected chi connectivity index (χ1v) is 6.17. The lowest BCUT2D eigenvalue weighted by atomic mass is 9.96. The zero-order valence-corrected chi connectivity index (χ0v) is 11.3. The lowest BCUT2D eigenvalue weighted by Crippen LogP contribution is -2.55. The van der Waals surface area contributed by atoms with E-state index < -0.39 is 5.54 Å². The van der Waals surface area contributed by atoms with E-state index in [9.17, 15) is 4.79 Å². The molecule has 0 amide bonds. The summed E-state index contributed by atoms with van der Waals surface area (Å²) in [6.45, 7) is 6.33. The minimum absolute atomic E-state index is 0.146. The van der Waals surface area contributed by atoms with Crippen molar-refractivity contribution in [3.63, 3.8) is 0 Å². The molecule has 0 aromatic carbocycles. The number of likely N-dealkylation sites (N-methyl/N-ethyl adjacent to an activating group) is 1. The summed E-state index contributed by atoms with van der Waals surface area (Å²) >= 11 is 0. The van der Waals surface area contributed by atoms with Crippen LogP contribution in [0.4, 0.5) is 0 Å². The molecule has 0 aromatic heterocycles. The number of ether oxygens (including phenoxy) is 2. The Labute approximate surface area is 103 Å². The van der Waals surface area contributed by atoms with Crippen LogP contribution in [0.25, 0.3) is 0 Å². The molecular weight excluding hydrogens is 220 g/mol. The van der Waals surface area contributed by atoms with Crippen molar-refractivity contribution in [2.75, 3.05) is 40.5 Å². The van der Waals surface area contributed by atoms with Crippen LogP contribution in [-0.2, 0) is 14.3 Å². The Morgan fingerprint density at radius 2 is 2.29 bits per heavy atom. The summed E-state index contributed by atoms with van der Waals surface area (Å²) in [4.78, 5) is 14.3. The molecule has 1 aliphatic rings. The maximum Gasteiger partial charge on any atom is 0.327 e. The molecule has 1 aliphatic heterocycles. The summed E-state index contributed by atoms with van der Waals surface area (Å²) in [5.74, 6) is -0.146. The van der Waals surface area contributed by atoms with Gasteiger partial charge in [-0.25, -0.2) is 4.79 Å². The van der Waals surface area contributed by atoms with E-state index in [1.165, 1.54) is 0 Å². The zero-order valence-electron chi connectivity index (χ0n) is 11.3. The predicted molar refractivity (Wildman–Crippen MR) is 66.0 cm³/mol. The topological polar surface area (TPSA) is 50.8 Å². The Kier molecular flexibility index (Phi) is 5.36. The van der Waals surface area contributed by atoms with Gasteiger partial charge in [0.1, 0.15) is 5.54 Å². The predicted octanol–water partition coefficient (Wildman–Crippen LogP) is 0.248. The molecule has 0 aliphatic carbocycles. The lowest BCUT2D eigenvalue weighted by molar-refractivity contribution is -0.150. The Morgan fingerprint density at radius 1 is 1.59 bits per heavy atom. The molecule has 100 valence electrons. The minimum atomic E-state index is -0.567. The maximum atomic E-state index is 12.1. The third-order valence-corrected chi connectivity index (χ3v) is 3.35. The molecule has 2 atom stereocenters. The van der Waals surface area contributed by atoms with Crippen molar-refractivity contribution in [2.24, 2.45) is 0 Å². The van der Waals surface area contributed by atoms with Crippen molar-refractivity contribution in [1.82, 2.24) is 10.2 Å². The highest BCUT2D eigenvalue weighted by molar-refractivity contribution is 5.81. The van der Waals surface area contributed by atoms with Crippen LogP contribution >= 0.6 is 0 Å². The lowest BCUT2D eigenvalue weighted by Gasteiger charge is -2.27. The first-order chi connectivity index (χ1) is 8.05. The molecule has 17 heavy (non-hydrogen) atoms. The number of esters is 1. The zero-order chi connectivity index (χ0) is 12.9. The van der Waals surface area contributed by atoms with Crippen molar-refractivity contribution in [2.45, 2.75) is 31.8 Å². The van der Waals surface area contributed by atoms with Gasteiger partial charge in [-0.15, -0.1) is 0 Å². The van der Waals surface area contributed by atoms with Crippen LogP contribution < -0.4 is 5.32 Å². The number of nitrogens with one attached hydrogen (secondary N) is 1. The molecule has 1 saturated heterocycles. The van der Waals surface area contributed by atoms with Crippen molar-refractivity contribution in [3.05, 3.63) is 0 Å². The van der Waals surface area contributed by atoms with Gasteiger partial charge >= 0.3 is 5.97 Å². The fourth-order valence-electron chi connectivity index (χ4n) is 2.32. The highest BCUT2D eigenvalue weighted by atomic mass is 16.5. The van der Waals surface area contributed by atoms with E-state index in [0.29, 0.717) is 32.3 Å². The number of carbonyl (C=O) groups excluding carboxylic acids is 1. The molecule has 0 spiro atoms. The normalized spacial score (nSPS) is 29.5. The Balaban J connectivity index is 2.68. The quantitative estimate of drug-likeness (QED) is 0.536. The molecule has 0 aromatic rings. The average Bonchev–Trinajstić information content (AvgIpc) is 2.57. The molecular formula is C12H24N2O3. The van der Waals surface area contributed by atoms with Crippen LogP contribution in [0.5, 0.6) is 0 Å². The van der Waals surface area contributed by atoms with E-state index in [2.05, 4.69) is 17.1 Å². The van der Waals surface area contributed by atoms with Crippen molar-refractivity contribution in [1.29, 1.82) is 0 Å². The average molecular weight is 244 g/mol. The second kappa shape index (κ2) is 6.33.